The minimum absolute atomic E-state index is 0.200. The van der Waals surface area contributed by atoms with E-state index in [-0.39, 0.29) is 12.5 Å². The van der Waals surface area contributed by atoms with Gasteiger partial charge < -0.3 is 20.1 Å². The molecule has 7 nitrogen and oxygen atoms in total. The van der Waals surface area contributed by atoms with Crippen LogP contribution in [0.2, 0.25) is 0 Å². The number of hydrogen-bond acceptors (Lipinski definition) is 5. The van der Waals surface area contributed by atoms with Crippen LogP contribution in [0.1, 0.15) is 34.6 Å². The highest BCUT2D eigenvalue weighted by molar-refractivity contribution is 5.87. The Bertz CT molecular complexity index is 608. The van der Waals surface area contributed by atoms with Crippen molar-refractivity contribution in [1.82, 2.24) is 10.6 Å². The Morgan fingerprint density at radius 1 is 1.00 bits per heavy atom. The quantitative estimate of drug-likeness (QED) is 0.684. The molecule has 0 fully saturated rings. The Kier molecular flexibility index (Phi) is 8.09. The third kappa shape index (κ3) is 8.50. The van der Waals surface area contributed by atoms with E-state index >= 15 is 0 Å². The van der Waals surface area contributed by atoms with Crippen LogP contribution in [-0.2, 0) is 19.1 Å². The fourth-order valence-electron chi connectivity index (χ4n) is 2.06. The molecular weight excluding hydrogens is 336 g/mol. The van der Waals surface area contributed by atoms with Gasteiger partial charge in [0, 0.05) is 5.54 Å². The summed E-state index contributed by atoms with van der Waals surface area (Å²) in [6.45, 7) is 8.43. The molecule has 0 bridgehead atoms. The molecule has 0 unspecified atom stereocenters. The van der Waals surface area contributed by atoms with Gasteiger partial charge >= 0.3 is 5.97 Å². The summed E-state index contributed by atoms with van der Waals surface area (Å²) in [6, 6.07) is 8.04. The van der Waals surface area contributed by atoms with Crippen molar-refractivity contribution in [3.8, 4) is 5.75 Å². The average molecular weight is 364 g/mol. The molecule has 0 radical (unpaired) electrons. The highest BCUT2D eigenvalue weighted by Gasteiger charge is 2.27. The number of esters is 1. The van der Waals surface area contributed by atoms with Crippen LogP contribution in [0.15, 0.2) is 30.3 Å². The summed E-state index contributed by atoms with van der Waals surface area (Å²) in [4.78, 5) is 36.0. The Hall–Kier alpha value is -2.57. The highest BCUT2D eigenvalue weighted by atomic mass is 16.5. The summed E-state index contributed by atoms with van der Waals surface area (Å²) in [7, 11) is 0. The third-order valence-corrected chi connectivity index (χ3v) is 3.21. The van der Waals surface area contributed by atoms with Gasteiger partial charge in [-0.2, -0.15) is 0 Å². The average Bonchev–Trinajstić information content (AvgIpc) is 2.55. The van der Waals surface area contributed by atoms with Crippen molar-refractivity contribution in [3.05, 3.63) is 30.3 Å². The van der Waals surface area contributed by atoms with Crippen LogP contribution in [0.3, 0.4) is 0 Å². The van der Waals surface area contributed by atoms with Gasteiger partial charge in [-0.15, -0.1) is 0 Å². The van der Waals surface area contributed by atoms with E-state index < -0.39 is 36.0 Å². The summed E-state index contributed by atoms with van der Waals surface area (Å²) in [5.74, 6) is -1.13. The molecule has 0 aromatic heterocycles. The van der Waals surface area contributed by atoms with Gasteiger partial charge in [0.1, 0.15) is 11.8 Å². The minimum atomic E-state index is -0.857. The number of rotatable bonds is 8. The normalized spacial score (nSPS) is 12.2. The molecule has 0 saturated carbocycles. The number of carbonyl (C=O) groups excluding carboxylic acids is 3. The molecule has 2 N–H and O–H groups in total. The van der Waals surface area contributed by atoms with Crippen molar-refractivity contribution in [2.75, 3.05) is 13.2 Å². The van der Waals surface area contributed by atoms with Gasteiger partial charge in [0.15, 0.2) is 13.2 Å². The van der Waals surface area contributed by atoms with E-state index in [0.29, 0.717) is 5.75 Å². The molecule has 0 heterocycles. The monoisotopic (exact) mass is 364 g/mol. The van der Waals surface area contributed by atoms with Crippen LogP contribution >= 0.6 is 0 Å². The van der Waals surface area contributed by atoms with E-state index in [1.54, 1.807) is 38.1 Å². The molecule has 1 rings (SSSR count). The maximum Gasteiger partial charge on any atom is 0.329 e. The molecule has 0 spiro atoms. The van der Waals surface area contributed by atoms with E-state index in [9.17, 15) is 14.4 Å². The molecule has 1 aromatic rings. The number of para-hydroxylation sites is 1. The fourth-order valence-corrected chi connectivity index (χ4v) is 2.06. The van der Waals surface area contributed by atoms with Gasteiger partial charge in [0.05, 0.1) is 0 Å². The van der Waals surface area contributed by atoms with Crippen LogP contribution in [0.5, 0.6) is 5.75 Å². The van der Waals surface area contributed by atoms with Gasteiger partial charge in [0.2, 0.25) is 0 Å². The zero-order valence-corrected chi connectivity index (χ0v) is 16.0. The summed E-state index contributed by atoms with van der Waals surface area (Å²) < 4.78 is 10.4. The van der Waals surface area contributed by atoms with Crippen molar-refractivity contribution in [1.29, 1.82) is 0 Å². The second-order valence-corrected chi connectivity index (χ2v) is 7.30. The van der Waals surface area contributed by atoms with Gasteiger partial charge in [0.25, 0.3) is 11.8 Å². The van der Waals surface area contributed by atoms with Crippen LogP contribution in [0, 0.1) is 5.92 Å². The zero-order valence-electron chi connectivity index (χ0n) is 16.0. The second kappa shape index (κ2) is 9.79. The van der Waals surface area contributed by atoms with Crippen molar-refractivity contribution in [2.45, 2.75) is 46.2 Å². The molecule has 0 saturated heterocycles. The maximum atomic E-state index is 12.2. The topological polar surface area (TPSA) is 93.7 Å². The largest absolute Gasteiger partial charge is 0.484 e. The Morgan fingerprint density at radius 3 is 2.15 bits per heavy atom. The molecule has 1 aromatic carbocycles. The number of benzene rings is 1. The van der Waals surface area contributed by atoms with E-state index in [4.69, 9.17) is 9.47 Å². The number of nitrogens with one attached hydrogen (secondary N) is 2. The van der Waals surface area contributed by atoms with Crippen molar-refractivity contribution >= 4 is 17.8 Å². The molecule has 26 heavy (non-hydrogen) atoms. The van der Waals surface area contributed by atoms with Gasteiger partial charge in [-0.25, -0.2) is 4.79 Å². The standard InChI is InChI=1S/C19H28N2O5/c1-13(2)17(18(24)26-12-16(23)21-19(3,4)5)20-15(22)11-25-14-9-7-6-8-10-14/h6-10,13,17H,11-12H2,1-5H3,(H,20,22)(H,21,23)/t17-/m0/s1. The molecule has 1 atom stereocenters. The van der Waals surface area contributed by atoms with E-state index in [0.717, 1.165) is 0 Å². The van der Waals surface area contributed by atoms with Crippen molar-refractivity contribution < 1.29 is 23.9 Å². The predicted octanol–water partition coefficient (Wildman–Crippen LogP) is 1.66. The Balaban J connectivity index is 2.49. The number of hydrogen-bond donors (Lipinski definition) is 2. The lowest BCUT2D eigenvalue weighted by Gasteiger charge is -2.23. The van der Waals surface area contributed by atoms with Crippen molar-refractivity contribution in [3.63, 3.8) is 0 Å². The summed E-state index contributed by atoms with van der Waals surface area (Å²) >= 11 is 0. The van der Waals surface area contributed by atoms with Gasteiger partial charge in [-0.3, -0.25) is 9.59 Å². The number of carbonyl (C=O) groups is 3. The minimum Gasteiger partial charge on any atom is -0.484 e. The first-order chi connectivity index (χ1) is 12.1. The highest BCUT2D eigenvalue weighted by Crippen LogP contribution is 2.08. The lowest BCUT2D eigenvalue weighted by Crippen LogP contribution is -2.48. The number of amides is 2. The number of ether oxygens (including phenoxy) is 2. The van der Waals surface area contributed by atoms with Crippen LogP contribution < -0.4 is 15.4 Å². The van der Waals surface area contributed by atoms with Crippen molar-refractivity contribution in [2.24, 2.45) is 5.92 Å². The lowest BCUT2D eigenvalue weighted by atomic mass is 10.0. The summed E-state index contributed by atoms with van der Waals surface area (Å²) in [5, 5.41) is 5.29. The Labute approximate surface area is 154 Å². The Morgan fingerprint density at radius 2 is 1.62 bits per heavy atom. The molecule has 144 valence electrons. The van der Waals surface area contributed by atoms with Gasteiger partial charge in [-0.05, 0) is 38.8 Å². The van der Waals surface area contributed by atoms with E-state index in [1.165, 1.54) is 0 Å². The SMILES string of the molecule is CC(C)[C@H](NC(=O)COc1ccccc1)C(=O)OCC(=O)NC(C)(C)C. The van der Waals surface area contributed by atoms with E-state index in [1.807, 2.05) is 26.8 Å². The van der Waals surface area contributed by atoms with Crippen LogP contribution in [-0.4, -0.2) is 42.6 Å². The second-order valence-electron chi connectivity index (χ2n) is 7.30. The first-order valence-electron chi connectivity index (χ1n) is 8.53. The fraction of sp³-hybridized carbons (Fsp3) is 0.526. The molecule has 2 amide bonds. The van der Waals surface area contributed by atoms with Crippen LogP contribution in [0.4, 0.5) is 0 Å². The first-order valence-corrected chi connectivity index (χ1v) is 8.53. The maximum absolute atomic E-state index is 12.2. The molecule has 7 heteroatoms. The molecule has 0 aliphatic carbocycles. The third-order valence-electron chi connectivity index (χ3n) is 3.21. The smallest absolute Gasteiger partial charge is 0.329 e. The van der Waals surface area contributed by atoms with Gasteiger partial charge in [-0.1, -0.05) is 32.0 Å². The lowest BCUT2D eigenvalue weighted by molar-refractivity contribution is -0.153. The first kappa shape index (κ1) is 21.5. The zero-order chi connectivity index (χ0) is 19.7. The molecule has 0 aliphatic heterocycles. The van der Waals surface area contributed by atoms with E-state index in [2.05, 4.69) is 10.6 Å². The summed E-state index contributed by atoms with van der Waals surface area (Å²) in [6.07, 6.45) is 0. The summed E-state index contributed by atoms with van der Waals surface area (Å²) in [5.41, 5.74) is -0.413. The molecular formula is C19H28N2O5. The van der Waals surface area contributed by atoms with Crippen LogP contribution in [0.25, 0.3) is 0 Å². The predicted molar refractivity (Wildman–Crippen MR) is 97.6 cm³/mol. The molecule has 0 aliphatic rings.